The molecule has 5 heteroatoms. The van der Waals surface area contributed by atoms with Crippen LogP contribution in [0.15, 0.2) is 12.1 Å². The molecule has 0 atom stereocenters. The van der Waals surface area contributed by atoms with Crippen molar-refractivity contribution >= 4 is 23.2 Å². The summed E-state index contributed by atoms with van der Waals surface area (Å²) in [5.41, 5.74) is 1.61. The molecule has 20 heavy (non-hydrogen) atoms. The Hall–Kier alpha value is -1.26. The van der Waals surface area contributed by atoms with Gasteiger partial charge in [0, 0.05) is 17.5 Å². The van der Waals surface area contributed by atoms with E-state index in [4.69, 9.17) is 16.3 Å². The summed E-state index contributed by atoms with van der Waals surface area (Å²) in [6, 6.07) is 3.58. The number of aryl methyl sites for hydroxylation is 1. The molecule has 0 bridgehead atoms. The Labute approximate surface area is 124 Å². The normalized spacial score (nSPS) is 15.9. The second kappa shape index (κ2) is 6.95. The fourth-order valence-electron chi connectivity index (χ4n) is 2.48. The van der Waals surface area contributed by atoms with Gasteiger partial charge in [-0.1, -0.05) is 11.6 Å². The number of methoxy groups -OCH3 is 1. The fraction of sp³-hybridized carbons (Fsp3) is 0.533. The Morgan fingerprint density at radius 2 is 2.15 bits per heavy atom. The van der Waals surface area contributed by atoms with Gasteiger partial charge in [0.15, 0.2) is 0 Å². The van der Waals surface area contributed by atoms with Crippen LogP contribution in [0.3, 0.4) is 0 Å². The number of halogens is 1. The van der Waals surface area contributed by atoms with Crippen LogP contribution in [0.5, 0.6) is 5.75 Å². The molecule has 4 nitrogen and oxygen atoms in total. The highest BCUT2D eigenvalue weighted by Crippen LogP contribution is 2.31. The van der Waals surface area contributed by atoms with Crippen LogP contribution in [-0.4, -0.2) is 26.1 Å². The first-order valence-corrected chi connectivity index (χ1v) is 7.32. The van der Waals surface area contributed by atoms with Crippen LogP contribution >= 0.6 is 11.6 Å². The number of ether oxygens (including phenoxy) is 1. The molecule has 0 aromatic heterocycles. The number of rotatable bonds is 4. The molecular weight excluding hydrogens is 276 g/mol. The lowest BCUT2D eigenvalue weighted by atomic mass is 9.94. The molecular formula is C15H21ClN2O2. The van der Waals surface area contributed by atoms with E-state index in [0.717, 1.165) is 31.5 Å². The first kappa shape index (κ1) is 15.1. The van der Waals surface area contributed by atoms with E-state index < -0.39 is 0 Å². The lowest BCUT2D eigenvalue weighted by Crippen LogP contribution is -2.30. The summed E-state index contributed by atoms with van der Waals surface area (Å²) in [5.74, 6) is 1.10. The monoisotopic (exact) mass is 296 g/mol. The van der Waals surface area contributed by atoms with E-state index in [1.807, 2.05) is 13.0 Å². The number of anilines is 1. The van der Waals surface area contributed by atoms with Crippen LogP contribution in [0.1, 0.15) is 24.8 Å². The summed E-state index contributed by atoms with van der Waals surface area (Å²) in [6.07, 6.45) is 2.68. The zero-order valence-corrected chi connectivity index (χ0v) is 12.7. The van der Waals surface area contributed by atoms with Crippen LogP contribution in [-0.2, 0) is 4.79 Å². The quantitative estimate of drug-likeness (QED) is 0.898. The van der Waals surface area contributed by atoms with Gasteiger partial charge in [0.05, 0.1) is 12.8 Å². The van der Waals surface area contributed by atoms with Crippen molar-refractivity contribution < 1.29 is 9.53 Å². The molecule has 1 aliphatic heterocycles. The van der Waals surface area contributed by atoms with Gasteiger partial charge in [-0.3, -0.25) is 4.79 Å². The van der Waals surface area contributed by atoms with Gasteiger partial charge in [-0.25, -0.2) is 0 Å². The van der Waals surface area contributed by atoms with Crippen molar-refractivity contribution in [2.45, 2.75) is 26.2 Å². The molecule has 1 fully saturated rings. The van der Waals surface area contributed by atoms with Gasteiger partial charge in [0.1, 0.15) is 5.75 Å². The zero-order valence-electron chi connectivity index (χ0n) is 12.0. The number of carbonyl (C=O) groups is 1. The van der Waals surface area contributed by atoms with Crippen LogP contribution in [0, 0.1) is 12.8 Å². The number of hydrogen-bond donors (Lipinski definition) is 2. The maximum absolute atomic E-state index is 12.1. The third-order valence-corrected chi connectivity index (χ3v) is 4.09. The first-order chi connectivity index (χ1) is 9.60. The lowest BCUT2D eigenvalue weighted by molar-refractivity contribution is -0.117. The summed E-state index contributed by atoms with van der Waals surface area (Å²) in [5, 5.41) is 6.87. The Kier molecular flexibility index (Phi) is 5.26. The topological polar surface area (TPSA) is 50.4 Å². The van der Waals surface area contributed by atoms with Crippen molar-refractivity contribution in [3.8, 4) is 5.75 Å². The number of amides is 1. The third-order valence-electron chi connectivity index (χ3n) is 3.69. The molecule has 0 aliphatic carbocycles. The van der Waals surface area contributed by atoms with E-state index >= 15 is 0 Å². The van der Waals surface area contributed by atoms with E-state index in [-0.39, 0.29) is 5.91 Å². The average molecular weight is 297 g/mol. The summed E-state index contributed by atoms with van der Waals surface area (Å²) in [7, 11) is 1.57. The molecule has 1 heterocycles. The number of carbonyl (C=O) groups excluding carboxylic acids is 1. The van der Waals surface area contributed by atoms with Crippen molar-refractivity contribution in [3.05, 3.63) is 22.7 Å². The van der Waals surface area contributed by atoms with Crippen LogP contribution < -0.4 is 15.4 Å². The van der Waals surface area contributed by atoms with Crippen molar-refractivity contribution in [2.75, 3.05) is 25.5 Å². The van der Waals surface area contributed by atoms with Crippen molar-refractivity contribution in [1.29, 1.82) is 0 Å². The molecule has 1 aromatic rings. The van der Waals surface area contributed by atoms with Crippen LogP contribution in [0.2, 0.25) is 5.02 Å². The predicted octanol–water partition coefficient (Wildman–Crippen LogP) is 2.99. The van der Waals surface area contributed by atoms with Gasteiger partial charge in [0.2, 0.25) is 5.91 Å². The molecule has 2 N–H and O–H groups in total. The molecule has 1 amide bonds. The van der Waals surface area contributed by atoms with Crippen LogP contribution in [0.25, 0.3) is 0 Å². The van der Waals surface area contributed by atoms with Gasteiger partial charge in [-0.15, -0.1) is 0 Å². The molecule has 110 valence electrons. The smallest absolute Gasteiger partial charge is 0.224 e. The zero-order chi connectivity index (χ0) is 14.5. The predicted molar refractivity (Wildman–Crippen MR) is 81.6 cm³/mol. The number of nitrogens with one attached hydrogen (secondary N) is 2. The summed E-state index contributed by atoms with van der Waals surface area (Å²) < 4.78 is 5.26. The molecule has 0 unspecified atom stereocenters. The molecule has 0 saturated carbocycles. The summed E-state index contributed by atoms with van der Waals surface area (Å²) in [6.45, 7) is 3.91. The molecule has 0 spiro atoms. The molecule has 1 saturated heterocycles. The van der Waals surface area contributed by atoms with Gasteiger partial charge < -0.3 is 15.4 Å². The average Bonchev–Trinajstić information content (AvgIpc) is 2.43. The Morgan fingerprint density at radius 1 is 1.45 bits per heavy atom. The highest BCUT2D eigenvalue weighted by Gasteiger charge is 2.18. The summed E-state index contributed by atoms with van der Waals surface area (Å²) in [4.78, 5) is 12.1. The molecule has 1 aromatic carbocycles. The second-order valence-electron chi connectivity index (χ2n) is 5.25. The lowest BCUT2D eigenvalue weighted by Gasteiger charge is -2.22. The minimum absolute atomic E-state index is 0.0388. The van der Waals surface area contributed by atoms with E-state index in [2.05, 4.69) is 10.6 Å². The maximum Gasteiger partial charge on any atom is 0.224 e. The standard InChI is InChI=1S/C15H21ClN2O2/c1-10-7-13(14(20-2)9-12(10)16)18-15(19)8-11-3-5-17-6-4-11/h7,9,11,17H,3-6,8H2,1-2H3,(H,18,19). The van der Waals surface area contributed by atoms with Crippen LogP contribution in [0.4, 0.5) is 5.69 Å². The largest absolute Gasteiger partial charge is 0.495 e. The molecule has 2 rings (SSSR count). The fourth-order valence-corrected chi connectivity index (χ4v) is 2.63. The second-order valence-corrected chi connectivity index (χ2v) is 5.65. The number of piperidine rings is 1. The van der Waals surface area contributed by atoms with Crippen molar-refractivity contribution in [1.82, 2.24) is 5.32 Å². The molecule has 0 radical (unpaired) electrons. The highest BCUT2D eigenvalue weighted by atomic mass is 35.5. The summed E-state index contributed by atoms with van der Waals surface area (Å²) >= 11 is 6.06. The SMILES string of the molecule is COc1cc(Cl)c(C)cc1NC(=O)CC1CCNCC1. The Morgan fingerprint density at radius 3 is 2.80 bits per heavy atom. The van der Waals surface area contributed by atoms with E-state index in [1.54, 1.807) is 13.2 Å². The van der Waals surface area contributed by atoms with E-state index in [1.165, 1.54) is 0 Å². The van der Waals surface area contributed by atoms with Gasteiger partial charge in [0.25, 0.3) is 0 Å². The Balaban J connectivity index is 2.01. The molecule has 1 aliphatic rings. The van der Waals surface area contributed by atoms with Crippen molar-refractivity contribution in [2.24, 2.45) is 5.92 Å². The minimum Gasteiger partial charge on any atom is -0.495 e. The Bertz CT molecular complexity index is 485. The van der Waals surface area contributed by atoms with Gasteiger partial charge in [-0.2, -0.15) is 0 Å². The number of hydrogen-bond acceptors (Lipinski definition) is 3. The van der Waals surface area contributed by atoms with Gasteiger partial charge in [-0.05, 0) is 50.4 Å². The first-order valence-electron chi connectivity index (χ1n) is 6.95. The van der Waals surface area contributed by atoms with Crippen molar-refractivity contribution in [3.63, 3.8) is 0 Å². The van der Waals surface area contributed by atoms with E-state index in [9.17, 15) is 4.79 Å². The van der Waals surface area contributed by atoms with Gasteiger partial charge >= 0.3 is 0 Å². The number of benzene rings is 1. The minimum atomic E-state index is 0.0388. The third kappa shape index (κ3) is 3.87. The van der Waals surface area contributed by atoms with E-state index in [0.29, 0.717) is 28.8 Å². The highest BCUT2D eigenvalue weighted by molar-refractivity contribution is 6.31. The maximum atomic E-state index is 12.1.